The van der Waals surface area contributed by atoms with Gasteiger partial charge in [0.2, 0.25) is 0 Å². The normalized spacial score (nSPS) is 23.1. The van der Waals surface area contributed by atoms with Gasteiger partial charge in [0.05, 0.1) is 12.7 Å². The van der Waals surface area contributed by atoms with E-state index in [0.717, 1.165) is 26.2 Å². The zero-order chi connectivity index (χ0) is 17.0. The Morgan fingerprint density at radius 3 is 2.84 bits per heavy atom. The van der Waals surface area contributed by atoms with Crippen molar-refractivity contribution in [2.75, 3.05) is 19.7 Å². The maximum atomic E-state index is 6.08. The van der Waals surface area contributed by atoms with E-state index in [9.17, 15) is 0 Å². The fourth-order valence-corrected chi connectivity index (χ4v) is 4.89. The summed E-state index contributed by atoms with van der Waals surface area (Å²) >= 11 is 1.88. The van der Waals surface area contributed by atoms with Gasteiger partial charge in [0.25, 0.3) is 0 Å². The topological polar surface area (TPSA) is 25.4 Å². The number of rotatable bonds is 6. The minimum Gasteiger partial charge on any atom is -0.370 e. The largest absolute Gasteiger partial charge is 0.370 e. The molecule has 2 aromatic rings. The molecule has 0 aliphatic carbocycles. The maximum absolute atomic E-state index is 6.08. The highest BCUT2D eigenvalue weighted by molar-refractivity contribution is 7.09. The van der Waals surface area contributed by atoms with Crippen LogP contribution in [-0.4, -0.2) is 35.7 Å². The lowest BCUT2D eigenvalue weighted by atomic mass is 9.70. The van der Waals surface area contributed by atoms with Crippen LogP contribution in [0.15, 0.2) is 54.2 Å². The van der Waals surface area contributed by atoms with Crippen molar-refractivity contribution in [3.63, 3.8) is 0 Å². The van der Waals surface area contributed by atoms with Gasteiger partial charge in [-0.05, 0) is 61.8 Å². The summed E-state index contributed by atoms with van der Waals surface area (Å²) in [6, 6.07) is 8.63. The molecular weight excluding hydrogens is 328 g/mol. The number of piperidine rings is 1. The summed E-state index contributed by atoms with van der Waals surface area (Å²) in [5.41, 5.74) is 1.60. The molecule has 4 rings (SSSR count). The van der Waals surface area contributed by atoms with Gasteiger partial charge in [-0.15, -0.1) is 11.3 Å². The fraction of sp³-hybridized carbons (Fsp3) is 0.476. The number of hydrogen-bond donors (Lipinski definition) is 0. The summed E-state index contributed by atoms with van der Waals surface area (Å²) < 4.78 is 6.08. The number of hydrogen-bond acceptors (Lipinski definition) is 4. The van der Waals surface area contributed by atoms with Crippen molar-refractivity contribution in [1.29, 1.82) is 0 Å². The molecule has 0 bridgehead atoms. The summed E-state index contributed by atoms with van der Waals surface area (Å²) in [5, 5.41) is 2.18. The lowest BCUT2D eigenvalue weighted by Crippen LogP contribution is -2.46. The van der Waals surface area contributed by atoms with Crippen LogP contribution in [0.4, 0.5) is 0 Å². The van der Waals surface area contributed by atoms with E-state index in [1.807, 2.05) is 29.8 Å². The summed E-state index contributed by atoms with van der Waals surface area (Å²) in [7, 11) is 0. The molecule has 0 saturated carbocycles. The van der Waals surface area contributed by atoms with Crippen molar-refractivity contribution < 1.29 is 4.74 Å². The molecule has 1 atom stereocenters. The number of aryl methyl sites for hydroxylation is 1. The molecule has 2 aliphatic heterocycles. The highest BCUT2D eigenvalue weighted by atomic mass is 32.1. The van der Waals surface area contributed by atoms with Crippen LogP contribution in [0, 0.1) is 5.41 Å². The Bertz CT molecular complexity index is 675. The van der Waals surface area contributed by atoms with Crippen LogP contribution in [0.3, 0.4) is 0 Å². The van der Waals surface area contributed by atoms with E-state index in [4.69, 9.17) is 4.74 Å². The van der Waals surface area contributed by atoms with E-state index < -0.39 is 0 Å². The van der Waals surface area contributed by atoms with Crippen LogP contribution >= 0.6 is 11.3 Å². The van der Waals surface area contributed by atoms with Crippen molar-refractivity contribution in [3.8, 4) is 0 Å². The first-order valence-corrected chi connectivity index (χ1v) is 10.1. The molecule has 0 aromatic carbocycles. The van der Waals surface area contributed by atoms with Gasteiger partial charge in [-0.3, -0.25) is 9.88 Å². The lowest BCUT2D eigenvalue weighted by Gasteiger charge is -2.45. The van der Waals surface area contributed by atoms with E-state index in [-0.39, 0.29) is 0 Å². The molecule has 25 heavy (non-hydrogen) atoms. The third-order valence-corrected chi connectivity index (χ3v) is 6.65. The van der Waals surface area contributed by atoms with Gasteiger partial charge in [-0.25, -0.2) is 0 Å². The third kappa shape index (κ3) is 4.02. The van der Waals surface area contributed by atoms with Crippen LogP contribution in [0.1, 0.15) is 29.7 Å². The monoisotopic (exact) mass is 354 g/mol. The van der Waals surface area contributed by atoms with Gasteiger partial charge >= 0.3 is 0 Å². The summed E-state index contributed by atoms with van der Waals surface area (Å²) in [5.74, 6) is 0. The molecule has 2 aromatic heterocycles. The molecule has 132 valence electrons. The van der Waals surface area contributed by atoms with Gasteiger partial charge < -0.3 is 4.74 Å². The van der Waals surface area contributed by atoms with Crippen LogP contribution in [0.25, 0.3) is 0 Å². The summed E-state index contributed by atoms with van der Waals surface area (Å²) in [6.45, 7) is 4.08. The average molecular weight is 355 g/mol. The second-order valence-electron chi connectivity index (χ2n) is 7.26. The molecule has 3 nitrogen and oxygen atoms in total. The zero-order valence-electron chi connectivity index (χ0n) is 14.6. The second-order valence-corrected chi connectivity index (χ2v) is 8.29. The molecule has 0 spiro atoms. The minimum absolute atomic E-state index is 0.294. The zero-order valence-corrected chi connectivity index (χ0v) is 15.5. The maximum Gasteiger partial charge on any atom is 0.0818 e. The molecule has 2 aliphatic rings. The molecule has 4 heteroatoms. The number of aromatic nitrogens is 1. The Morgan fingerprint density at radius 1 is 1.24 bits per heavy atom. The Kier molecular flexibility index (Phi) is 5.30. The predicted octanol–water partition coefficient (Wildman–Crippen LogP) is 4.31. The first-order chi connectivity index (χ1) is 12.3. The second kappa shape index (κ2) is 7.81. The first-order valence-electron chi connectivity index (χ1n) is 9.26. The number of nitrogens with zero attached hydrogens (tertiary/aromatic N) is 2. The predicted molar refractivity (Wildman–Crippen MR) is 103 cm³/mol. The van der Waals surface area contributed by atoms with Crippen molar-refractivity contribution in [3.05, 3.63) is 64.6 Å². The number of thiophene rings is 1. The Hall–Kier alpha value is -1.49. The molecule has 0 N–H and O–H groups in total. The van der Waals surface area contributed by atoms with E-state index in [0.29, 0.717) is 11.5 Å². The van der Waals surface area contributed by atoms with Gasteiger partial charge in [-0.1, -0.05) is 24.3 Å². The summed E-state index contributed by atoms with van der Waals surface area (Å²) in [6.07, 6.45) is 13.5. The molecule has 1 fully saturated rings. The quantitative estimate of drug-likeness (QED) is 0.723. The smallest absolute Gasteiger partial charge is 0.0818 e. The molecule has 0 radical (unpaired) electrons. The molecule has 1 unspecified atom stereocenters. The van der Waals surface area contributed by atoms with Crippen LogP contribution in [-0.2, 0) is 17.7 Å². The van der Waals surface area contributed by atoms with E-state index in [1.165, 1.54) is 36.1 Å². The Labute approximate surface area is 154 Å². The standard InChI is InChI=1S/C21H26N2OS/c1-4-18(16-22-11-1)17-23-12-9-21(10-13-23,20-6-2-14-24-20)8-7-19-5-3-15-25-19/h1-6,11,15-16,20H,7-10,12-14,17H2. The molecular formula is C21H26N2OS. The third-order valence-electron chi connectivity index (χ3n) is 5.72. The van der Waals surface area contributed by atoms with E-state index >= 15 is 0 Å². The number of pyridine rings is 1. The van der Waals surface area contributed by atoms with Gasteiger partial charge in [0.15, 0.2) is 0 Å². The van der Waals surface area contributed by atoms with Crippen LogP contribution in [0.5, 0.6) is 0 Å². The highest BCUT2D eigenvalue weighted by Gasteiger charge is 2.41. The molecule has 4 heterocycles. The lowest BCUT2D eigenvalue weighted by molar-refractivity contribution is -0.0314. The van der Waals surface area contributed by atoms with E-state index in [1.54, 1.807) is 0 Å². The van der Waals surface area contributed by atoms with Crippen molar-refractivity contribution >= 4 is 11.3 Å². The highest BCUT2D eigenvalue weighted by Crippen LogP contribution is 2.43. The minimum atomic E-state index is 0.294. The molecule has 0 amide bonds. The Balaban J connectivity index is 1.40. The van der Waals surface area contributed by atoms with Gasteiger partial charge in [0, 0.05) is 29.2 Å². The van der Waals surface area contributed by atoms with Gasteiger partial charge in [-0.2, -0.15) is 0 Å². The average Bonchev–Trinajstić information content (AvgIpc) is 3.37. The van der Waals surface area contributed by atoms with E-state index in [2.05, 4.69) is 45.6 Å². The van der Waals surface area contributed by atoms with Crippen molar-refractivity contribution in [1.82, 2.24) is 9.88 Å². The summed E-state index contributed by atoms with van der Waals surface area (Å²) in [4.78, 5) is 8.31. The SMILES string of the molecule is C1=CC(C2(CCc3cccs3)CCN(Cc3cccnc3)CC2)OC1. The van der Waals surface area contributed by atoms with Gasteiger partial charge in [0.1, 0.15) is 0 Å². The van der Waals surface area contributed by atoms with Crippen molar-refractivity contribution in [2.45, 2.75) is 38.3 Å². The van der Waals surface area contributed by atoms with Crippen LogP contribution in [0.2, 0.25) is 0 Å². The van der Waals surface area contributed by atoms with Crippen molar-refractivity contribution in [2.24, 2.45) is 5.41 Å². The number of likely N-dealkylation sites (tertiary alicyclic amines) is 1. The first kappa shape index (κ1) is 17.0. The number of ether oxygens (including phenoxy) is 1. The Morgan fingerprint density at radius 2 is 2.16 bits per heavy atom. The molecule has 1 saturated heterocycles. The van der Waals surface area contributed by atoms with Crippen LogP contribution < -0.4 is 0 Å². The fourth-order valence-electron chi connectivity index (χ4n) is 4.18.